The van der Waals surface area contributed by atoms with Crippen LogP contribution in [0.5, 0.6) is 0 Å². The molecule has 7 heteroatoms. The average Bonchev–Trinajstić information content (AvgIpc) is 2.72. The lowest BCUT2D eigenvalue weighted by Gasteiger charge is -2.03. The van der Waals surface area contributed by atoms with E-state index in [9.17, 15) is 4.79 Å². The van der Waals surface area contributed by atoms with Crippen molar-refractivity contribution < 1.29 is 0 Å². The number of rotatable bonds is 2. The van der Waals surface area contributed by atoms with E-state index in [1.165, 1.54) is 10.9 Å². The van der Waals surface area contributed by atoms with Gasteiger partial charge in [-0.3, -0.25) is 14.5 Å². The molecule has 2 aromatic rings. The number of nitrogens with one attached hydrogen (secondary N) is 1. The summed E-state index contributed by atoms with van der Waals surface area (Å²) in [5, 5.41) is 6.37. The Kier molecular flexibility index (Phi) is 2.75. The SMILES string of the molecule is O=c1c(Cl)c(Cl)ncn1Cc1cn[nH]c1. The van der Waals surface area contributed by atoms with Gasteiger partial charge in [-0.25, -0.2) is 4.98 Å². The molecule has 5 nitrogen and oxygen atoms in total. The monoisotopic (exact) mass is 244 g/mol. The summed E-state index contributed by atoms with van der Waals surface area (Å²) in [7, 11) is 0. The average molecular weight is 245 g/mol. The van der Waals surface area contributed by atoms with Gasteiger partial charge in [0.25, 0.3) is 5.56 Å². The lowest BCUT2D eigenvalue weighted by atomic mass is 10.3. The Morgan fingerprint density at radius 3 is 2.93 bits per heavy atom. The van der Waals surface area contributed by atoms with Gasteiger partial charge in [0.05, 0.1) is 19.1 Å². The van der Waals surface area contributed by atoms with Gasteiger partial charge in [0.1, 0.15) is 5.02 Å². The van der Waals surface area contributed by atoms with Crippen molar-refractivity contribution in [2.24, 2.45) is 0 Å². The van der Waals surface area contributed by atoms with Crippen LogP contribution in [0.2, 0.25) is 10.2 Å². The van der Waals surface area contributed by atoms with Crippen molar-refractivity contribution >= 4 is 23.2 Å². The highest BCUT2D eigenvalue weighted by Gasteiger charge is 2.07. The second-order valence-corrected chi connectivity index (χ2v) is 3.62. The van der Waals surface area contributed by atoms with Crippen LogP contribution < -0.4 is 5.56 Å². The second-order valence-electron chi connectivity index (χ2n) is 2.89. The number of halogens is 2. The van der Waals surface area contributed by atoms with Crippen molar-refractivity contribution in [3.63, 3.8) is 0 Å². The zero-order valence-electron chi connectivity index (χ0n) is 7.44. The molecule has 15 heavy (non-hydrogen) atoms. The quantitative estimate of drug-likeness (QED) is 0.811. The maximum atomic E-state index is 11.6. The van der Waals surface area contributed by atoms with Crippen molar-refractivity contribution in [2.75, 3.05) is 0 Å². The fourth-order valence-electron chi connectivity index (χ4n) is 1.12. The molecule has 0 unspecified atom stereocenters. The minimum Gasteiger partial charge on any atom is -0.293 e. The van der Waals surface area contributed by atoms with Gasteiger partial charge in [-0.15, -0.1) is 0 Å². The smallest absolute Gasteiger partial charge is 0.273 e. The summed E-state index contributed by atoms with van der Waals surface area (Å²) in [4.78, 5) is 15.4. The Bertz CT molecular complexity index is 520. The summed E-state index contributed by atoms with van der Waals surface area (Å²) < 4.78 is 1.36. The number of aromatic nitrogens is 4. The van der Waals surface area contributed by atoms with E-state index in [-0.39, 0.29) is 15.7 Å². The summed E-state index contributed by atoms with van der Waals surface area (Å²) in [5.41, 5.74) is 0.496. The summed E-state index contributed by atoms with van der Waals surface area (Å²) in [6, 6.07) is 0. The van der Waals surface area contributed by atoms with Gasteiger partial charge in [0.15, 0.2) is 5.15 Å². The zero-order valence-corrected chi connectivity index (χ0v) is 8.96. The van der Waals surface area contributed by atoms with Crippen LogP contribution in [0.4, 0.5) is 0 Å². The van der Waals surface area contributed by atoms with Crippen LogP contribution in [0.15, 0.2) is 23.5 Å². The molecule has 78 valence electrons. The lowest BCUT2D eigenvalue weighted by Crippen LogP contribution is -2.21. The van der Waals surface area contributed by atoms with Gasteiger partial charge in [0.2, 0.25) is 0 Å². The normalized spacial score (nSPS) is 10.5. The van der Waals surface area contributed by atoms with E-state index in [0.717, 1.165) is 5.56 Å². The minimum atomic E-state index is -0.363. The molecule has 2 heterocycles. The predicted molar refractivity (Wildman–Crippen MR) is 56.2 cm³/mol. The number of hydrogen-bond donors (Lipinski definition) is 1. The first-order chi connectivity index (χ1) is 7.18. The van der Waals surface area contributed by atoms with Crippen molar-refractivity contribution in [3.05, 3.63) is 44.8 Å². The molecule has 0 spiro atoms. The third-order valence-electron chi connectivity index (χ3n) is 1.85. The number of nitrogens with zero attached hydrogens (tertiary/aromatic N) is 3. The third kappa shape index (κ3) is 2.03. The van der Waals surface area contributed by atoms with Crippen molar-refractivity contribution in [3.8, 4) is 0 Å². The van der Waals surface area contributed by atoms with Crippen LogP contribution in [-0.4, -0.2) is 19.7 Å². The molecule has 0 radical (unpaired) electrons. The van der Waals surface area contributed by atoms with E-state index in [0.29, 0.717) is 6.54 Å². The lowest BCUT2D eigenvalue weighted by molar-refractivity contribution is 0.737. The summed E-state index contributed by atoms with van der Waals surface area (Å²) in [6.07, 6.45) is 4.66. The molecular formula is C8H6Cl2N4O. The highest BCUT2D eigenvalue weighted by Crippen LogP contribution is 2.12. The van der Waals surface area contributed by atoms with Crippen LogP contribution >= 0.6 is 23.2 Å². The first-order valence-corrected chi connectivity index (χ1v) is 4.82. The van der Waals surface area contributed by atoms with E-state index in [1.54, 1.807) is 12.4 Å². The van der Waals surface area contributed by atoms with E-state index < -0.39 is 0 Å². The van der Waals surface area contributed by atoms with Crippen LogP contribution in [0, 0.1) is 0 Å². The largest absolute Gasteiger partial charge is 0.293 e. The van der Waals surface area contributed by atoms with Crippen LogP contribution in [0.25, 0.3) is 0 Å². The Labute approximate surface area is 94.7 Å². The van der Waals surface area contributed by atoms with Crippen molar-refractivity contribution in [2.45, 2.75) is 6.54 Å². The topological polar surface area (TPSA) is 63.6 Å². The second kappa shape index (κ2) is 4.04. The van der Waals surface area contributed by atoms with Crippen molar-refractivity contribution in [1.29, 1.82) is 0 Å². The Morgan fingerprint density at radius 1 is 1.47 bits per heavy atom. The highest BCUT2D eigenvalue weighted by molar-refractivity contribution is 6.40. The van der Waals surface area contributed by atoms with Gasteiger partial charge in [-0.1, -0.05) is 23.2 Å². The minimum absolute atomic E-state index is 0.0186. The Morgan fingerprint density at radius 2 is 2.27 bits per heavy atom. The van der Waals surface area contributed by atoms with E-state index in [1.807, 2.05) is 0 Å². The van der Waals surface area contributed by atoms with Crippen LogP contribution in [0.3, 0.4) is 0 Å². The molecule has 1 N–H and O–H groups in total. The number of aromatic amines is 1. The predicted octanol–water partition coefficient (Wildman–Crippen LogP) is 1.32. The summed E-state index contributed by atoms with van der Waals surface area (Å²) >= 11 is 11.3. The molecule has 0 aromatic carbocycles. The molecule has 2 aromatic heterocycles. The maximum Gasteiger partial charge on any atom is 0.273 e. The fourth-order valence-corrected chi connectivity index (χ4v) is 1.40. The zero-order chi connectivity index (χ0) is 10.8. The first-order valence-electron chi connectivity index (χ1n) is 4.06. The molecule has 0 aliphatic rings. The van der Waals surface area contributed by atoms with Gasteiger partial charge in [-0.05, 0) is 0 Å². The number of H-pyrrole nitrogens is 1. The van der Waals surface area contributed by atoms with E-state index >= 15 is 0 Å². The Hall–Kier alpha value is -1.33. The van der Waals surface area contributed by atoms with Gasteiger partial charge in [-0.2, -0.15) is 5.10 Å². The van der Waals surface area contributed by atoms with Crippen LogP contribution in [-0.2, 0) is 6.54 Å². The molecule has 0 aliphatic heterocycles. The molecule has 0 bridgehead atoms. The molecule has 0 saturated carbocycles. The van der Waals surface area contributed by atoms with E-state index in [2.05, 4.69) is 15.2 Å². The summed E-state index contributed by atoms with van der Waals surface area (Å²) in [6.45, 7) is 0.360. The fraction of sp³-hybridized carbons (Fsp3) is 0.125. The maximum absolute atomic E-state index is 11.6. The summed E-state index contributed by atoms with van der Waals surface area (Å²) in [5.74, 6) is 0. The van der Waals surface area contributed by atoms with Gasteiger partial charge in [0, 0.05) is 11.8 Å². The number of hydrogen-bond acceptors (Lipinski definition) is 3. The Balaban J connectivity index is 2.38. The van der Waals surface area contributed by atoms with Crippen molar-refractivity contribution in [1.82, 2.24) is 19.7 Å². The molecular weight excluding hydrogens is 239 g/mol. The molecule has 0 saturated heterocycles. The van der Waals surface area contributed by atoms with Gasteiger partial charge >= 0.3 is 0 Å². The van der Waals surface area contributed by atoms with E-state index in [4.69, 9.17) is 23.2 Å². The molecule has 0 atom stereocenters. The molecule has 0 fully saturated rings. The molecule has 2 rings (SSSR count). The van der Waals surface area contributed by atoms with Gasteiger partial charge < -0.3 is 0 Å². The first kappa shape index (κ1) is 10.2. The standard InChI is InChI=1S/C8H6Cl2N4O/c9-6-7(10)11-4-14(8(6)15)3-5-1-12-13-2-5/h1-2,4H,3H2,(H,12,13). The molecule has 0 aliphatic carbocycles. The molecule has 0 amide bonds. The third-order valence-corrected chi connectivity index (χ3v) is 2.57. The highest BCUT2D eigenvalue weighted by atomic mass is 35.5. The van der Waals surface area contributed by atoms with Crippen LogP contribution in [0.1, 0.15) is 5.56 Å².